The van der Waals surface area contributed by atoms with Gasteiger partial charge in [-0.2, -0.15) is 0 Å². The van der Waals surface area contributed by atoms with E-state index < -0.39 is 5.60 Å². The Bertz CT molecular complexity index is 1060. The molecule has 166 valence electrons. The molecule has 2 heterocycles. The molecule has 0 spiro atoms. The Morgan fingerprint density at radius 1 is 1.12 bits per heavy atom. The van der Waals surface area contributed by atoms with Crippen LogP contribution in [0.25, 0.3) is 11.1 Å². The lowest BCUT2D eigenvalue weighted by Crippen LogP contribution is -2.48. The summed E-state index contributed by atoms with van der Waals surface area (Å²) < 4.78 is 19.5. The van der Waals surface area contributed by atoms with E-state index in [1.54, 1.807) is 11.1 Å². The Labute approximate surface area is 187 Å². The van der Waals surface area contributed by atoms with Crippen LogP contribution in [0.1, 0.15) is 43.4 Å². The Morgan fingerprint density at radius 3 is 2.53 bits per heavy atom. The quantitative estimate of drug-likeness (QED) is 0.536. The number of hydrogen-bond donors (Lipinski definition) is 1. The van der Waals surface area contributed by atoms with Crippen molar-refractivity contribution in [2.45, 2.75) is 37.8 Å². The molecule has 4 rings (SSSR count). The number of nitrogens with zero attached hydrogens (tertiary/aromatic N) is 2. The van der Waals surface area contributed by atoms with Gasteiger partial charge in [0, 0.05) is 31.3 Å². The number of carbonyl (C=O) groups excluding carboxylic acids is 1. The zero-order valence-corrected chi connectivity index (χ0v) is 18.1. The zero-order valence-electron chi connectivity index (χ0n) is 18.1. The Balaban J connectivity index is 1.51. The maximum atomic E-state index is 13.5. The van der Waals surface area contributed by atoms with E-state index in [1.807, 2.05) is 61.5 Å². The highest BCUT2D eigenvalue weighted by atomic mass is 19.1. The minimum Gasteiger partial charge on any atom is -0.438 e. The molecule has 0 aliphatic carbocycles. The van der Waals surface area contributed by atoms with E-state index in [2.05, 4.69) is 4.98 Å². The normalized spacial score (nSPS) is 19.5. The molecule has 1 saturated heterocycles. The smallest absolute Gasteiger partial charge is 0.411 e. The maximum Gasteiger partial charge on any atom is 0.411 e. The summed E-state index contributed by atoms with van der Waals surface area (Å²) in [6.07, 6.45) is 4.24. The molecule has 2 atom stereocenters. The number of amides is 1. The number of aliphatic hydroxyl groups excluding tert-OH is 1. The average Bonchev–Trinajstić information content (AvgIpc) is 2.83. The first-order valence-corrected chi connectivity index (χ1v) is 10.9. The summed E-state index contributed by atoms with van der Waals surface area (Å²) in [5.41, 5.74) is 2.78. The molecule has 0 bridgehead atoms. The van der Waals surface area contributed by atoms with Crippen molar-refractivity contribution in [1.82, 2.24) is 9.88 Å². The number of hydrogen-bond acceptors (Lipinski definition) is 4. The summed E-state index contributed by atoms with van der Waals surface area (Å²) in [5, 5.41) is 9.36. The lowest BCUT2D eigenvalue weighted by molar-refractivity contribution is -0.0680. The average molecular weight is 435 g/mol. The Kier molecular flexibility index (Phi) is 6.51. The minimum atomic E-state index is -0.717. The molecule has 1 aliphatic heterocycles. The predicted octanol–water partition coefficient (Wildman–Crippen LogP) is 5.46. The molecular weight excluding hydrogens is 407 g/mol. The first kappa shape index (κ1) is 22.0. The van der Waals surface area contributed by atoms with Crippen molar-refractivity contribution in [1.29, 1.82) is 0 Å². The number of rotatable bonds is 7. The molecule has 1 aromatic heterocycles. The number of carbonyl (C=O) groups is 1. The maximum absolute atomic E-state index is 13.5. The molecule has 3 aromatic rings. The van der Waals surface area contributed by atoms with Gasteiger partial charge in [-0.05, 0) is 42.5 Å². The van der Waals surface area contributed by atoms with E-state index >= 15 is 0 Å². The van der Waals surface area contributed by atoms with Crippen molar-refractivity contribution in [2.75, 3.05) is 13.2 Å². The highest BCUT2D eigenvalue weighted by Crippen LogP contribution is 2.40. The first-order valence-electron chi connectivity index (χ1n) is 10.9. The molecule has 2 aromatic carbocycles. The summed E-state index contributed by atoms with van der Waals surface area (Å²) >= 11 is 0. The highest BCUT2D eigenvalue weighted by molar-refractivity contribution is 5.70. The van der Waals surface area contributed by atoms with Crippen molar-refractivity contribution >= 4 is 6.09 Å². The van der Waals surface area contributed by atoms with Crippen LogP contribution in [0.4, 0.5) is 9.18 Å². The van der Waals surface area contributed by atoms with Crippen LogP contribution in [-0.4, -0.2) is 34.2 Å². The summed E-state index contributed by atoms with van der Waals surface area (Å²) in [7, 11) is 0. The van der Waals surface area contributed by atoms with E-state index in [0.29, 0.717) is 31.4 Å². The molecule has 5 nitrogen and oxygen atoms in total. The second kappa shape index (κ2) is 9.49. The first-order chi connectivity index (χ1) is 15.5. The molecule has 1 aliphatic rings. The largest absolute Gasteiger partial charge is 0.438 e. The SMILES string of the molecule is C[C@@H](c1ccc(-c2cncc(F)c2)cc1)N1CC[C@](CCCO)(c2ccccc2)OC1=O. The number of halogens is 1. The van der Waals surface area contributed by atoms with Gasteiger partial charge in [-0.15, -0.1) is 0 Å². The Hall–Kier alpha value is -3.25. The summed E-state index contributed by atoms with van der Waals surface area (Å²) in [6, 6.07) is 18.8. The van der Waals surface area contributed by atoms with Gasteiger partial charge in [0.05, 0.1) is 12.2 Å². The van der Waals surface area contributed by atoms with Crippen LogP contribution >= 0.6 is 0 Å². The lowest BCUT2D eigenvalue weighted by atomic mass is 9.84. The van der Waals surface area contributed by atoms with Gasteiger partial charge in [0.2, 0.25) is 0 Å². The fraction of sp³-hybridized carbons (Fsp3) is 0.308. The van der Waals surface area contributed by atoms with Gasteiger partial charge in [0.25, 0.3) is 0 Å². The highest BCUT2D eigenvalue weighted by Gasteiger charge is 2.43. The number of pyridine rings is 1. The molecule has 1 amide bonds. The van der Waals surface area contributed by atoms with Crippen LogP contribution in [0.3, 0.4) is 0 Å². The Morgan fingerprint density at radius 2 is 1.88 bits per heavy atom. The van der Waals surface area contributed by atoms with Crippen molar-refractivity contribution in [3.05, 3.63) is 90.0 Å². The number of ether oxygens (including phenoxy) is 1. The monoisotopic (exact) mass is 434 g/mol. The van der Waals surface area contributed by atoms with E-state index in [0.717, 1.165) is 16.7 Å². The van der Waals surface area contributed by atoms with E-state index in [9.17, 15) is 14.3 Å². The molecule has 32 heavy (non-hydrogen) atoms. The van der Waals surface area contributed by atoms with Crippen LogP contribution < -0.4 is 0 Å². The lowest BCUT2D eigenvalue weighted by Gasteiger charge is -2.43. The van der Waals surface area contributed by atoms with Crippen molar-refractivity contribution < 1.29 is 19.0 Å². The second-order valence-electron chi connectivity index (χ2n) is 8.19. The summed E-state index contributed by atoms with van der Waals surface area (Å²) in [4.78, 5) is 18.7. The third-order valence-corrected chi connectivity index (χ3v) is 6.21. The molecule has 0 radical (unpaired) electrons. The van der Waals surface area contributed by atoms with Gasteiger partial charge in [-0.3, -0.25) is 4.98 Å². The van der Waals surface area contributed by atoms with Gasteiger partial charge >= 0.3 is 6.09 Å². The molecule has 1 fully saturated rings. The fourth-order valence-electron chi connectivity index (χ4n) is 4.35. The van der Waals surface area contributed by atoms with Crippen LogP contribution in [0.2, 0.25) is 0 Å². The molecular formula is C26H27FN2O3. The standard InChI is InChI=1S/C26H27FN2O3/c1-19(20-8-10-21(11-9-20)22-16-24(27)18-28-17-22)29-14-13-26(12-5-15-30,32-25(29)31)23-6-3-2-4-7-23/h2-4,6-11,16-19,30H,5,12-15H2,1H3/t19-,26+/m0/s1. The predicted molar refractivity (Wildman–Crippen MR) is 120 cm³/mol. The minimum absolute atomic E-state index is 0.0550. The van der Waals surface area contributed by atoms with Crippen molar-refractivity contribution in [3.63, 3.8) is 0 Å². The van der Waals surface area contributed by atoms with Gasteiger partial charge in [0.1, 0.15) is 11.4 Å². The van der Waals surface area contributed by atoms with Crippen LogP contribution in [0.15, 0.2) is 73.1 Å². The van der Waals surface area contributed by atoms with E-state index in [4.69, 9.17) is 4.74 Å². The van der Waals surface area contributed by atoms with Crippen molar-refractivity contribution in [3.8, 4) is 11.1 Å². The van der Waals surface area contributed by atoms with Gasteiger partial charge < -0.3 is 14.7 Å². The number of aliphatic hydroxyl groups is 1. The molecule has 0 saturated carbocycles. The zero-order chi connectivity index (χ0) is 22.6. The number of benzene rings is 2. The van der Waals surface area contributed by atoms with Gasteiger partial charge in [-0.1, -0.05) is 54.6 Å². The third-order valence-electron chi connectivity index (χ3n) is 6.21. The topological polar surface area (TPSA) is 62.7 Å². The van der Waals surface area contributed by atoms with Crippen LogP contribution in [-0.2, 0) is 10.3 Å². The van der Waals surface area contributed by atoms with Crippen molar-refractivity contribution in [2.24, 2.45) is 0 Å². The summed E-state index contributed by atoms with van der Waals surface area (Å²) in [5.74, 6) is -0.376. The van der Waals surface area contributed by atoms with E-state index in [1.165, 1.54) is 12.3 Å². The molecule has 6 heteroatoms. The number of aromatic nitrogens is 1. The van der Waals surface area contributed by atoms with Crippen LogP contribution in [0.5, 0.6) is 0 Å². The summed E-state index contributed by atoms with van der Waals surface area (Å²) in [6.45, 7) is 2.58. The molecule has 1 N–H and O–H groups in total. The van der Waals surface area contributed by atoms with Gasteiger partial charge in [-0.25, -0.2) is 9.18 Å². The fourth-order valence-corrected chi connectivity index (χ4v) is 4.35. The number of cyclic esters (lactones) is 1. The van der Waals surface area contributed by atoms with Gasteiger partial charge in [0.15, 0.2) is 0 Å². The van der Waals surface area contributed by atoms with E-state index in [-0.39, 0.29) is 24.6 Å². The molecule has 0 unspecified atom stereocenters. The third kappa shape index (κ3) is 4.50. The van der Waals surface area contributed by atoms with Crippen LogP contribution in [0, 0.1) is 5.82 Å². The second-order valence-corrected chi connectivity index (χ2v) is 8.19.